The van der Waals surface area contributed by atoms with Crippen molar-refractivity contribution >= 4 is 44.0 Å². The first kappa shape index (κ1) is 18.5. The van der Waals surface area contributed by atoms with Gasteiger partial charge in [0.25, 0.3) is 5.91 Å². The molecular formula is C19H20N4O4S. The Labute approximate surface area is 162 Å². The molecule has 8 nitrogen and oxygen atoms in total. The van der Waals surface area contributed by atoms with Crippen molar-refractivity contribution in [1.82, 2.24) is 9.99 Å². The first-order chi connectivity index (χ1) is 13.3. The fourth-order valence-electron chi connectivity index (χ4n) is 3.62. The van der Waals surface area contributed by atoms with Gasteiger partial charge >= 0.3 is 0 Å². The third kappa shape index (κ3) is 3.62. The molecule has 1 aromatic carbocycles. The minimum Gasteiger partial charge on any atom is -0.319 e. The molecule has 4 rings (SSSR count). The molecule has 28 heavy (non-hydrogen) atoms. The lowest BCUT2D eigenvalue weighted by Crippen LogP contribution is -2.42. The molecule has 2 aliphatic rings. The lowest BCUT2D eigenvalue weighted by molar-refractivity contribution is -0.133. The Bertz CT molecular complexity index is 1110. The van der Waals surface area contributed by atoms with E-state index in [0.717, 1.165) is 10.9 Å². The van der Waals surface area contributed by atoms with Gasteiger partial charge in [0.05, 0.1) is 28.8 Å². The number of aryl methyl sites for hydroxylation is 1. The Morgan fingerprint density at radius 1 is 1.29 bits per heavy atom. The molecule has 9 heteroatoms. The highest BCUT2D eigenvalue weighted by Gasteiger charge is 2.37. The van der Waals surface area contributed by atoms with E-state index >= 15 is 0 Å². The normalized spacial score (nSPS) is 21.6. The number of fused-ring (bicyclic) bond motifs is 1. The maximum Gasteiger partial charge on any atom is 0.271 e. The molecular weight excluding hydrogens is 380 g/mol. The molecule has 1 saturated heterocycles. The van der Waals surface area contributed by atoms with Crippen LogP contribution in [0.2, 0.25) is 0 Å². The summed E-state index contributed by atoms with van der Waals surface area (Å²) in [6.45, 7) is 1.93. The summed E-state index contributed by atoms with van der Waals surface area (Å²) in [4.78, 5) is 29.4. The number of nitrogens with one attached hydrogen (secondary N) is 1. The van der Waals surface area contributed by atoms with Crippen molar-refractivity contribution in [3.05, 3.63) is 36.0 Å². The lowest BCUT2D eigenvalue weighted by Gasteiger charge is -2.27. The van der Waals surface area contributed by atoms with Crippen molar-refractivity contribution in [3.63, 3.8) is 0 Å². The van der Waals surface area contributed by atoms with E-state index in [9.17, 15) is 18.0 Å². The first-order valence-corrected chi connectivity index (χ1v) is 10.9. The Hall–Kier alpha value is -2.81. The molecule has 1 aromatic heterocycles. The molecule has 1 fully saturated rings. The van der Waals surface area contributed by atoms with Gasteiger partial charge in [-0.15, -0.1) is 0 Å². The zero-order valence-electron chi connectivity index (χ0n) is 15.4. The Balaban J connectivity index is 1.60. The number of hydrogen-bond donors (Lipinski definition) is 1. The molecule has 0 unspecified atom stereocenters. The Morgan fingerprint density at radius 2 is 2.11 bits per heavy atom. The molecule has 2 aromatic rings. The van der Waals surface area contributed by atoms with E-state index in [2.05, 4.69) is 15.4 Å². The highest BCUT2D eigenvalue weighted by Crippen LogP contribution is 2.25. The standard InChI is InChI=1S/C19H20N4O4S/c1-12-9-13-3-2-7-20-18(13)16(10-12)21-19(25)15-4-5-17(24)23(22-15)14-6-8-28(26,27)11-14/h2-3,7,9-10,14H,4-6,8,11H2,1H3,(H,21,25)/t14-/m0/s1. The number of aromatic nitrogens is 1. The van der Waals surface area contributed by atoms with E-state index < -0.39 is 21.8 Å². The van der Waals surface area contributed by atoms with Crippen molar-refractivity contribution in [2.24, 2.45) is 5.10 Å². The van der Waals surface area contributed by atoms with Crippen LogP contribution < -0.4 is 5.32 Å². The number of pyridine rings is 1. The van der Waals surface area contributed by atoms with Crippen LogP contribution in [0.15, 0.2) is 35.6 Å². The summed E-state index contributed by atoms with van der Waals surface area (Å²) in [6, 6.07) is 7.07. The fraction of sp³-hybridized carbons (Fsp3) is 0.368. The average molecular weight is 400 g/mol. The number of amides is 2. The zero-order chi connectivity index (χ0) is 19.9. The molecule has 3 heterocycles. The second-order valence-electron chi connectivity index (χ2n) is 7.18. The van der Waals surface area contributed by atoms with E-state index in [4.69, 9.17) is 0 Å². The molecule has 1 atom stereocenters. The fourth-order valence-corrected chi connectivity index (χ4v) is 5.31. The maximum atomic E-state index is 12.8. The smallest absolute Gasteiger partial charge is 0.271 e. The first-order valence-electron chi connectivity index (χ1n) is 9.09. The molecule has 0 saturated carbocycles. The number of anilines is 1. The van der Waals surface area contributed by atoms with E-state index in [1.165, 1.54) is 5.01 Å². The number of sulfone groups is 1. The minimum atomic E-state index is -3.16. The maximum absolute atomic E-state index is 12.8. The van der Waals surface area contributed by atoms with Crippen LogP contribution in [0.1, 0.15) is 24.8 Å². The second-order valence-corrected chi connectivity index (χ2v) is 9.41. The number of benzene rings is 1. The summed E-state index contributed by atoms with van der Waals surface area (Å²) in [6.07, 6.45) is 2.36. The van der Waals surface area contributed by atoms with Gasteiger partial charge in [-0.3, -0.25) is 14.6 Å². The van der Waals surface area contributed by atoms with E-state index in [0.29, 0.717) is 17.6 Å². The molecule has 2 aliphatic heterocycles. The van der Waals surface area contributed by atoms with Crippen molar-refractivity contribution in [1.29, 1.82) is 0 Å². The SMILES string of the molecule is Cc1cc(NC(=O)C2=NN([C@H]3CCS(=O)(=O)C3)C(=O)CC2)c2ncccc2c1. The topological polar surface area (TPSA) is 109 Å². The summed E-state index contributed by atoms with van der Waals surface area (Å²) in [7, 11) is -3.16. The van der Waals surface area contributed by atoms with Crippen LogP contribution in [0.25, 0.3) is 10.9 Å². The van der Waals surface area contributed by atoms with E-state index in [1.807, 2.05) is 31.2 Å². The second kappa shape index (κ2) is 6.97. The lowest BCUT2D eigenvalue weighted by atomic mass is 10.1. The molecule has 1 N–H and O–H groups in total. The van der Waals surface area contributed by atoms with Gasteiger partial charge < -0.3 is 5.32 Å². The van der Waals surface area contributed by atoms with Gasteiger partial charge in [0.2, 0.25) is 5.91 Å². The molecule has 146 valence electrons. The predicted octanol–water partition coefficient (Wildman–Crippen LogP) is 1.65. The summed E-state index contributed by atoms with van der Waals surface area (Å²) in [5.41, 5.74) is 2.45. The summed E-state index contributed by atoms with van der Waals surface area (Å²) < 4.78 is 23.5. The van der Waals surface area contributed by atoms with Crippen LogP contribution in [-0.4, -0.2) is 53.5 Å². The highest BCUT2D eigenvalue weighted by atomic mass is 32.2. The van der Waals surface area contributed by atoms with Gasteiger partial charge in [0.1, 0.15) is 5.71 Å². The zero-order valence-corrected chi connectivity index (χ0v) is 16.2. The number of hydrogen-bond acceptors (Lipinski definition) is 6. The summed E-state index contributed by atoms with van der Waals surface area (Å²) >= 11 is 0. The quantitative estimate of drug-likeness (QED) is 0.843. The van der Waals surface area contributed by atoms with Crippen molar-refractivity contribution in [3.8, 4) is 0 Å². The minimum absolute atomic E-state index is 0.0411. The van der Waals surface area contributed by atoms with E-state index in [1.54, 1.807) is 6.20 Å². The summed E-state index contributed by atoms with van der Waals surface area (Å²) in [5.74, 6) is -0.722. The van der Waals surface area contributed by atoms with Gasteiger partial charge in [-0.2, -0.15) is 5.10 Å². The van der Waals surface area contributed by atoms with Crippen LogP contribution in [0, 0.1) is 6.92 Å². The van der Waals surface area contributed by atoms with Crippen molar-refractivity contribution < 1.29 is 18.0 Å². The summed E-state index contributed by atoms with van der Waals surface area (Å²) in [5, 5.41) is 9.17. The molecule has 2 amide bonds. The predicted molar refractivity (Wildman–Crippen MR) is 106 cm³/mol. The monoisotopic (exact) mass is 400 g/mol. The Morgan fingerprint density at radius 3 is 2.86 bits per heavy atom. The van der Waals surface area contributed by atoms with Crippen molar-refractivity contribution in [2.75, 3.05) is 16.8 Å². The molecule has 0 radical (unpaired) electrons. The third-order valence-electron chi connectivity index (χ3n) is 4.97. The van der Waals surface area contributed by atoms with Crippen molar-refractivity contribution in [2.45, 2.75) is 32.2 Å². The molecule has 0 bridgehead atoms. The number of carbonyl (C=O) groups excluding carboxylic acids is 2. The number of hydrazone groups is 1. The van der Waals surface area contributed by atoms with Crippen LogP contribution in [0.3, 0.4) is 0 Å². The highest BCUT2D eigenvalue weighted by molar-refractivity contribution is 7.91. The average Bonchev–Trinajstić information content (AvgIpc) is 3.01. The number of nitrogens with zero attached hydrogens (tertiary/aromatic N) is 3. The number of rotatable bonds is 3. The van der Waals surface area contributed by atoms with Gasteiger partial charge in [0.15, 0.2) is 9.84 Å². The van der Waals surface area contributed by atoms with Gasteiger partial charge in [-0.05, 0) is 37.1 Å². The van der Waals surface area contributed by atoms with Crippen LogP contribution in [0.4, 0.5) is 5.69 Å². The van der Waals surface area contributed by atoms with Crippen LogP contribution in [0.5, 0.6) is 0 Å². The third-order valence-corrected chi connectivity index (χ3v) is 6.72. The van der Waals surface area contributed by atoms with E-state index in [-0.39, 0.29) is 36.0 Å². The number of carbonyl (C=O) groups is 2. The Kier molecular flexibility index (Phi) is 4.62. The van der Waals surface area contributed by atoms with Crippen LogP contribution in [-0.2, 0) is 19.4 Å². The molecule has 0 spiro atoms. The largest absolute Gasteiger partial charge is 0.319 e. The van der Waals surface area contributed by atoms with Gasteiger partial charge in [0, 0.05) is 24.4 Å². The molecule has 0 aliphatic carbocycles. The van der Waals surface area contributed by atoms with Gasteiger partial charge in [-0.1, -0.05) is 6.07 Å². The van der Waals surface area contributed by atoms with Crippen LogP contribution >= 0.6 is 0 Å². The van der Waals surface area contributed by atoms with Gasteiger partial charge in [-0.25, -0.2) is 13.4 Å².